The van der Waals surface area contributed by atoms with Crippen molar-refractivity contribution in [3.8, 4) is 5.69 Å². The van der Waals surface area contributed by atoms with E-state index in [0.717, 1.165) is 5.56 Å². The van der Waals surface area contributed by atoms with Crippen LogP contribution in [0, 0.1) is 12.8 Å². The topological polar surface area (TPSA) is 100 Å². The third-order valence-corrected chi connectivity index (χ3v) is 4.73. The summed E-state index contributed by atoms with van der Waals surface area (Å²) >= 11 is 0. The third kappa shape index (κ3) is 3.44. The molecule has 3 rings (SSSR count). The van der Waals surface area contributed by atoms with Crippen molar-refractivity contribution in [1.82, 2.24) is 19.7 Å². The fourth-order valence-corrected chi connectivity index (χ4v) is 3.17. The second-order valence-electron chi connectivity index (χ2n) is 6.27. The lowest BCUT2D eigenvalue weighted by molar-refractivity contribution is -0.130. The second-order valence-corrected chi connectivity index (χ2v) is 6.27. The molecule has 1 saturated heterocycles. The average molecular weight is 355 g/mol. The van der Waals surface area contributed by atoms with Crippen molar-refractivity contribution >= 4 is 17.5 Å². The first-order valence-corrected chi connectivity index (χ1v) is 8.45. The van der Waals surface area contributed by atoms with Crippen LogP contribution in [0.3, 0.4) is 0 Å². The third-order valence-electron chi connectivity index (χ3n) is 4.73. The van der Waals surface area contributed by atoms with Gasteiger partial charge in [-0.2, -0.15) is 5.10 Å². The van der Waals surface area contributed by atoms with E-state index in [9.17, 15) is 14.4 Å². The summed E-state index contributed by atoms with van der Waals surface area (Å²) in [6, 6.07) is 5.38. The van der Waals surface area contributed by atoms with Gasteiger partial charge in [-0.05, 0) is 43.5 Å². The molecule has 2 N–H and O–H groups in total. The van der Waals surface area contributed by atoms with E-state index < -0.39 is 0 Å². The van der Waals surface area contributed by atoms with Gasteiger partial charge in [-0.3, -0.25) is 9.59 Å². The van der Waals surface area contributed by atoms with E-state index in [1.807, 2.05) is 6.92 Å². The van der Waals surface area contributed by atoms with E-state index in [1.54, 1.807) is 23.1 Å². The van der Waals surface area contributed by atoms with Crippen LogP contribution in [0.1, 0.15) is 18.4 Å². The van der Waals surface area contributed by atoms with Gasteiger partial charge in [0.2, 0.25) is 11.8 Å². The summed E-state index contributed by atoms with van der Waals surface area (Å²) in [6.07, 6.45) is 3.94. The van der Waals surface area contributed by atoms with Crippen LogP contribution in [-0.2, 0) is 9.59 Å². The normalized spacial score (nSPS) is 14.9. The van der Waals surface area contributed by atoms with Crippen molar-refractivity contribution in [1.29, 1.82) is 0 Å². The molecule has 0 spiro atoms. The van der Waals surface area contributed by atoms with Crippen LogP contribution < -0.4 is 11.0 Å². The molecule has 1 aliphatic heterocycles. The number of piperidine rings is 1. The van der Waals surface area contributed by atoms with Gasteiger partial charge in [0.1, 0.15) is 6.33 Å². The molecule has 8 heteroatoms. The number of hydrogen-bond donors (Lipinski definition) is 2. The number of rotatable bonds is 4. The number of carbonyl (C=O) groups excluding carboxylic acids is 2. The predicted molar refractivity (Wildman–Crippen MR) is 97.1 cm³/mol. The predicted octanol–water partition coefficient (Wildman–Crippen LogP) is 1.23. The SMILES string of the molecule is C=CC(=O)N1CCC(C(=O)Nc2cccc(-n3cn[nH]c3=O)c2C)CC1. The van der Waals surface area contributed by atoms with Crippen molar-refractivity contribution in [2.75, 3.05) is 18.4 Å². The summed E-state index contributed by atoms with van der Waals surface area (Å²) in [5.41, 5.74) is 1.76. The number of nitrogens with one attached hydrogen (secondary N) is 2. The molecule has 1 aromatic heterocycles. The fourth-order valence-electron chi connectivity index (χ4n) is 3.17. The first-order chi connectivity index (χ1) is 12.5. The highest BCUT2D eigenvalue weighted by atomic mass is 16.2. The van der Waals surface area contributed by atoms with E-state index in [4.69, 9.17) is 0 Å². The molecule has 0 aliphatic carbocycles. The van der Waals surface area contributed by atoms with Crippen LogP contribution in [0.5, 0.6) is 0 Å². The molecule has 0 bridgehead atoms. The van der Waals surface area contributed by atoms with Crippen LogP contribution in [0.15, 0.2) is 42.0 Å². The molecule has 2 aromatic rings. The maximum Gasteiger partial charge on any atom is 0.347 e. The number of nitrogens with zero attached hydrogens (tertiary/aromatic N) is 3. The molecule has 0 unspecified atom stereocenters. The number of aromatic nitrogens is 3. The van der Waals surface area contributed by atoms with Crippen molar-refractivity contribution in [3.05, 3.63) is 53.2 Å². The fraction of sp³-hybridized carbons (Fsp3) is 0.333. The molecule has 136 valence electrons. The minimum atomic E-state index is -0.337. The number of aromatic amines is 1. The zero-order chi connectivity index (χ0) is 18.7. The zero-order valence-corrected chi connectivity index (χ0v) is 14.6. The van der Waals surface area contributed by atoms with Crippen LogP contribution >= 0.6 is 0 Å². The molecule has 8 nitrogen and oxygen atoms in total. The standard InChI is InChI=1S/C18H21N5O3/c1-3-16(24)22-9-7-13(8-10-22)17(25)20-14-5-4-6-15(12(14)2)23-11-19-21-18(23)26/h3-6,11,13H,1,7-10H2,2H3,(H,20,25)(H,21,26). The highest BCUT2D eigenvalue weighted by Gasteiger charge is 2.26. The molecule has 0 atom stereocenters. The first-order valence-electron chi connectivity index (χ1n) is 8.45. The minimum absolute atomic E-state index is 0.0736. The van der Waals surface area contributed by atoms with Gasteiger partial charge in [-0.1, -0.05) is 12.6 Å². The summed E-state index contributed by atoms with van der Waals surface area (Å²) in [7, 11) is 0. The number of amides is 2. The number of anilines is 1. The first kappa shape index (κ1) is 17.7. The monoisotopic (exact) mass is 355 g/mol. The van der Waals surface area contributed by atoms with E-state index in [1.165, 1.54) is 17.0 Å². The Morgan fingerprint density at radius 3 is 2.69 bits per heavy atom. The Morgan fingerprint density at radius 2 is 2.08 bits per heavy atom. The number of likely N-dealkylation sites (tertiary alicyclic amines) is 1. The van der Waals surface area contributed by atoms with Gasteiger partial charge in [0.25, 0.3) is 0 Å². The average Bonchev–Trinajstić information content (AvgIpc) is 3.08. The summed E-state index contributed by atoms with van der Waals surface area (Å²) in [5, 5.41) is 9.04. The maximum atomic E-state index is 12.6. The van der Waals surface area contributed by atoms with Crippen LogP contribution in [0.2, 0.25) is 0 Å². The Balaban J connectivity index is 1.71. The lowest BCUT2D eigenvalue weighted by Gasteiger charge is -2.30. The molecule has 26 heavy (non-hydrogen) atoms. The molecule has 1 fully saturated rings. The van der Waals surface area contributed by atoms with E-state index in [0.29, 0.717) is 37.3 Å². The summed E-state index contributed by atoms with van der Waals surface area (Å²) in [5.74, 6) is -0.322. The Hall–Kier alpha value is -3.16. The lowest BCUT2D eigenvalue weighted by atomic mass is 9.95. The van der Waals surface area contributed by atoms with Crippen molar-refractivity contribution < 1.29 is 9.59 Å². The molecule has 0 saturated carbocycles. The number of benzene rings is 1. The Labute approximate surface area is 150 Å². The highest BCUT2D eigenvalue weighted by molar-refractivity contribution is 5.94. The Bertz CT molecular complexity index is 890. The van der Waals surface area contributed by atoms with Crippen molar-refractivity contribution in [2.24, 2.45) is 5.92 Å². The van der Waals surface area contributed by atoms with Crippen LogP contribution in [0.25, 0.3) is 5.69 Å². The van der Waals surface area contributed by atoms with Gasteiger partial charge >= 0.3 is 5.69 Å². The largest absolute Gasteiger partial charge is 0.347 e. The summed E-state index contributed by atoms with van der Waals surface area (Å²) in [4.78, 5) is 37.7. The van der Waals surface area contributed by atoms with E-state index in [-0.39, 0.29) is 23.4 Å². The quantitative estimate of drug-likeness (QED) is 0.806. The molecular weight excluding hydrogens is 334 g/mol. The second kappa shape index (κ2) is 7.38. The van der Waals surface area contributed by atoms with Crippen molar-refractivity contribution in [2.45, 2.75) is 19.8 Å². The van der Waals surface area contributed by atoms with E-state index in [2.05, 4.69) is 22.1 Å². The van der Waals surface area contributed by atoms with Gasteiger partial charge in [0.15, 0.2) is 0 Å². The van der Waals surface area contributed by atoms with Crippen LogP contribution in [-0.4, -0.2) is 44.6 Å². The number of carbonyl (C=O) groups is 2. The molecule has 2 heterocycles. The zero-order valence-electron chi connectivity index (χ0n) is 14.6. The van der Waals surface area contributed by atoms with Crippen LogP contribution in [0.4, 0.5) is 5.69 Å². The van der Waals surface area contributed by atoms with E-state index >= 15 is 0 Å². The molecular formula is C18H21N5O3. The molecule has 2 amide bonds. The van der Waals surface area contributed by atoms with Gasteiger partial charge in [-0.25, -0.2) is 14.5 Å². The minimum Gasteiger partial charge on any atom is -0.339 e. The Morgan fingerprint density at radius 1 is 1.35 bits per heavy atom. The molecule has 1 aromatic carbocycles. The molecule has 0 radical (unpaired) electrons. The lowest BCUT2D eigenvalue weighted by Crippen LogP contribution is -2.40. The van der Waals surface area contributed by atoms with Gasteiger partial charge < -0.3 is 10.2 Å². The summed E-state index contributed by atoms with van der Waals surface area (Å²) < 4.78 is 1.39. The Kier molecular flexibility index (Phi) is 5.01. The molecule has 1 aliphatic rings. The van der Waals surface area contributed by atoms with Gasteiger partial charge in [0, 0.05) is 24.7 Å². The number of H-pyrrole nitrogens is 1. The van der Waals surface area contributed by atoms with Gasteiger partial charge in [0.05, 0.1) is 5.69 Å². The van der Waals surface area contributed by atoms with Gasteiger partial charge in [-0.15, -0.1) is 0 Å². The van der Waals surface area contributed by atoms with Crippen molar-refractivity contribution in [3.63, 3.8) is 0 Å². The summed E-state index contributed by atoms with van der Waals surface area (Å²) in [6.45, 7) is 6.43. The highest BCUT2D eigenvalue weighted by Crippen LogP contribution is 2.24. The maximum absolute atomic E-state index is 12.6. The number of hydrogen-bond acceptors (Lipinski definition) is 4. The smallest absolute Gasteiger partial charge is 0.339 e.